The zero-order chi connectivity index (χ0) is 16.5. The second-order valence-corrected chi connectivity index (χ2v) is 5.38. The molecular formula is C17H15N5O2. The van der Waals surface area contributed by atoms with E-state index in [1.165, 1.54) is 0 Å². The first-order valence-electron chi connectivity index (χ1n) is 7.45. The number of aromatic amines is 2. The average Bonchev–Trinajstić information content (AvgIpc) is 3.26. The molecular weight excluding hydrogens is 306 g/mol. The standard InChI is InChI=1S/C17H15N5O2/c1-24-12-2-3-14-11(8-12)9-13(17(23)21-14)16-20-6-7-22(16)10-15-18-4-5-19-15/h2-9H,10H2,1H3,(H,18,19)(H,21,23). The van der Waals surface area contributed by atoms with Crippen molar-refractivity contribution < 1.29 is 4.74 Å². The van der Waals surface area contributed by atoms with Crippen molar-refractivity contribution in [2.24, 2.45) is 0 Å². The van der Waals surface area contributed by atoms with Crippen molar-refractivity contribution in [3.05, 3.63) is 65.2 Å². The van der Waals surface area contributed by atoms with E-state index in [-0.39, 0.29) is 5.56 Å². The molecule has 0 aliphatic carbocycles. The topological polar surface area (TPSA) is 88.6 Å². The molecule has 3 aromatic heterocycles. The Morgan fingerprint density at radius 2 is 2.12 bits per heavy atom. The van der Waals surface area contributed by atoms with Crippen LogP contribution >= 0.6 is 0 Å². The third-order valence-corrected chi connectivity index (χ3v) is 3.88. The summed E-state index contributed by atoms with van der Waals surface area (Å²) < 4.78 is 7.14. The molecule has 0 radical (unpaired) electrons. The predicted molar refractivity (Wildman–Crippen MR) is 90.0 cm³/mol. The minimum atomic E-state index is -0.181. The van der Waals surface area contributed by atoms with Crippen molar-refractivity contribution in [2.75, 3.05) is 7.11 Å². The number of nitrogens with zero attached hydrogens (tertiary/aromatic N) is 3. The lowest BCUT2D eigenvalue weighted by molar-refractivity contribution is 0.415. The van der Waals surface area contributed by atoms with Crippen molar-refractivity contribution in [3.63, 3.8) is 0 Å². The average molecular weight is 321 g/mol. The third kappa shape index (κ3) is 2.45. The van der Waals surface area contributed by atoms with Crippen LogP contribution in [0, 0.1) is 0 Å². The number of nitrogens with one attached hydrogen (secondary N) is 2. The molecule has 2 N–H and O–H groups in total. The monoisotopic (exact) mass is 321 g/mol. The van der Waals surface area contributed by atoms with Crippen LogP contribution < -0.4 is 10.3 Å². The van der Waals surface area contributed by atoms with Gasteiger partial charge in [-0.25, -0.2) is 9.97 Å². The predicted octanol–water partition coefficient (Wildman–Crippen LogP) is 2.17. The van der Waals surface area contributed by atoms with Crippen LogP contribution in [0.2, 0.25) is 0 Å². The third-order valence-electron chi connectivity index (χ3n) is 3.88. The van der Waals surface area contributed by atoms with Crippen LogP contribution in [0.25, 0.3) is 22.3 Å². The number of methoxy groups -OCH3 is 1. The molecule has 4 aromatic rings. The zero-order valence-electron chi connectivity index (χ0n) is 13.0. The number of imidazole rings is 2. The van der Waals surface area contributed by atoms with Gasteiger partial charge in [0.2, 0.25) is 0 Å². The van der Waals surface area contributed by atoms with E-state index in [1.807, 2.05) is 35.0 Å². The molecule has 0 unspecified atom stereocenters. The molecule has 0 spiro atoms. The molecule has 0 aliphatic heterocycles. The van der Waals surface area contributed by atoms with Gasteiger partial charge >= 0.3 is 0 Å². The fraction of sp³-hybridized carbons (Fsp3) is 0.118. The summed E-state index contributed by atoms with van der Waals surface area (Å²) in [7, 11) is 1.61. The molecule has 4 rings (SSSR count). The maximum Gasteiger partial charge on any atom is 0.259 e. The molecule has 1 aromatic carbocycles. The van der Waals surface area contributed by atoms with E-state index in [2.05, 4.69) is 19.9 Å². The molecule has 24 heavy (non-hydrogen) atoms. The van der Waals surface area contributed by atoms with Crippen molar-refractivity contribution in [1.82, 2.24) is 24.5 Å². The molecule has 0 bridgehead atoms. The Labute approximate surface area is 137 Å². The molecule has 0 aliphatic rings. The summed E-state index contributed by atoms with van der Waals surface area (Å²) >= 11 is 0. The summed E-state index contributed by atoms with van der Waals surface area (Å²) in [5.74, 6) is 2.13. The fourth-order valence-electron chi connectivity index (χ4n) is 2.70. The van der Waals surface area contributed by atoms with Crippen molar-refractivity contribution >= 4 is 10.9 Å². The van der Waals surface area contributed by atoms with Gasteiger partial charge in [-0.1, -0.05) is 0 Å². The molecule has 0 fully saturated rings. The highest BCUT2D eigenvalue weighted by Gasteiger charge is 2.13. The van der Waals surface area contributed by atoms with E-state index in [9.17, 15) is 4.79 Å². The molecule has 0 saturated carbocycles. The summed E-state index contributed by atoms with van der Waals surface area (Å²) in [6, 6.07) is 7.36. The van der Waals surface area contributed by atoms with E-state index < -0.39 is 0 Å². The molecule has 0 amide bonds. The van der Waals surface area contributed by atoms with E-state index >= 15 is 0 Å². The summed E-state index contributed by atoms with van der Waals surface area (Å²) in [6.45, 7) is 0.512. The van der Waals surface area contributed by atoms with Gasteiger partial charge < -0.3 is 19.3 Å². The largest absolute Gasteiger partial charge is 0.497 e. The molecule has 0 atom stereocenters. The van der Waals surface area contributed by atoms with Crippen molar-refractivity contribution in [1.29, 1.82) is 0 Å². The number of hydrogen-bond acceptors (Lipinski definition) is 4. The van der Waals surface area contributed by atoms with Crippen LogP contribution in [0.5, 0.6) is 5.75 Å². The second-order valence-electron chi connectivity index (χ2n) is 5.38. The number of fused-ring (bicyclic) bond motifs is 1. The van der Waals surface area contributed by atoms with Gasteiger partial charge in [-0.3, -0.25) is 4.79 Å². The van der Waals surface area contributed by atoms with Crippen LogP contribution in [0.4, 0.5) is 0 Å². The fourth-order valence-corrected chi connectivity index (χ4v) is 2.70. The first kappa shape index (κ1) is 14.3. The number of benzene rings is 1. The van der Waals surface area contributed by atoms with Gasteiger partial charge in [-0.05, 0) is 24.3 Å². The highest BCUT2D eigenvalue weighted by molar-refractivity contribution is 5.83. The molecule has 7 heteroatoms. The smallest absolute Gasteiger partial charge is 0.259 e. The van der Waals surface area contributed by atoms with Gasteiger partial charge in [0.15, 0.2) is 0 Å². The van der Waals surface area contributed by atoms with Gasteiger partial charge in [0.25, 0.3) is 5.56 Å². The summed E-state index contributed by atoms with van der Waals surface area (Å²) in [5.41, 5.74) is 1.08. The van der Waals surface area contributed by atoms with Gasteiger partial charge in [0, 0.05) is 35.7 Å². The highest BCUT2D eigenvalue weighted by Crippen LogP contribution is 2.22. The van der Waals surface area contributed by atoms with E-state index in [4.69, 9.17) is 4.74 Å². The first-order chi connectivity index (χ1) is 11.7. The van der Waals surface area contributed by atoms with E-state index in [0.717, 1.165) is 22.5 Å². The summed E-state index contributed by atoms with van der Waals surface area (Å²) in [6.07, 6.45) is 6.96. The van der Waals surface area contributed by atoms with Gasteiger partial charge in [-0.2, -0.15) is 0 Å². The Hall–Kier alpha value is -3.35. The van der Waals surface area contributed by atoms with Crippen LogP contribution in [-0.2, 0) is 6.54 Å². The van der Waals surface area contributed by atoms with Crippen molar-refractivity contribution in [3.8, 4) is 17.1 Å². The Morgan fingerprint density at radius 1 is 1.21 bits per heavy atom. The van der Waals surface area contributed by atoms with Gasteiger partial charge in [0.1, 0.15) is 17.4 Å². The van der Waals surface area contributed by atoms with Crippen LogP contribution in [0.3, 0.4) is 0 Å². The number of H-pyrrole nitrogens is 2. The molecule has 7 nitrogen and oxygen atoms in total. The Morgan fingerprint density at radius 3 is 2.92 bits per heavy atom. The normalized spacial score (nSPS) is 11.0. The zero-order valence-corrected chi connectivity index (χ0v) is 13.0. The quantitative estimate of drug-likeness (QED) is 0.603. The van der Waals surface area contributed by atoms with Crippen LogP contribution in [0.1, 0.15) is 5.82 Å². The van der Waals surface area contributed by atoms with Crippen molar-refractivity contribution in [2.45, 2.75) is 6.54 Å². The molecule has 120 valence electrons. The minimum absolute atomic E-state index is 0.181. The Balaban J connectivity index is 1.83. The Bertz CT molecular complexity index is 1050. The highest BCUT2D eigenvalue weighted by atomic mass is 16.5. The van der Waals surface area contributed by atoms with Gasteiger partial charge in [-0.15, -0.1) is 0 Å². The van der Waals surface area contributed by atoms with E-state index in [1.54, 1.807) is 25.7 Å². The second kappa shape index (κ2) is 5.69. The van der Waals surface area contributed by atoms with Crippen LogP contribution in [-0.4, -0.2) is 31.6 Å². The maximum absolute atomic E-state index is 12.5. The molecule has 0 saturated heterocycles. The molecule has 3 heterocycles. The lowest BCUT2D eigenvalue weighted by Gasteiger charge is -2.08. The van der Waals surface area contributed by atoms with Gasteiger partial charge in [0.05, 0.1) is 19.2 Å². The lowest BCUT2D eigenvalue weighted by atomic mass is 10.1. The first-order valence-corrected chi connectivity index (χ1v) is 7.45. The minimum Gasteiger partial charge on any atom is -0.497 e. The number of pyridine rings is 1. The number of hydrogen-bond donors (Lipinski definition) is 2. The van der Waals surface area contributed by atoms with E-state index in [0.29, 0.717) is 17.9 Å². The summed E-state index contributed by atoms with van der Waals surface area (Å²) in [5, 5.41) is 0.886. The lowest BCUT2D eigenvalue weighted by Crippen LogP contribution is -2.13. The van der Waals surface area contributed by atoms with Crippen LogP contribution in [0.15, 0.2) is 53.8 Å². The Kier molecular flexibility index (Phi) is 3.38. The number of aromatic nitrogens is 5. The number of ether oxygens (including phenoxy) is 1. The SMILES string of the molecule is COc1ccc2[nH]c(=O)c(-c3nccn3Cc3ncc[nH]3)cc2c1. The maximum atomic E-state index is 12.5. The summed E-state index contributed by atoms with van der Waals surface area (Å²) in [4.78, 5) is 27.0. The number of rotatable bonds is 4.